The SMILES string of the molecule is CCC1CCCCC1Nc1cc(NN)nc(C2CC2)n1. The van der Waals surface area contributed by atoms with Gasteiger partial charge in [0.05, 0.1) is 0 Å². The van der Waals surface area contributed by atoms with Gasteiger partial charge in [-0.25, -0.2) is 15.8 Å². The predicted octanol–water partition coefficient (Wildman–Crippen LogP) is 3.02. The van der Waals surface area contributed by atoms with Gasteiger partial charge in [-0.15, -0.1) is 0 Å². The molecule has 4 N–H and O–H groups in total. The van der Waals surface area contributed by atoms with Gasteiger partial charge >= 0.3 is 0 Å². The minimum atomic E-state index is 0.539. The highest BCUT2D eigenvalue weighted by atomic mass is 15.3. The summed E-state index contributed by atoms with van der Waals surface area (Å²) in [6.07, 6.45) is 8.90. The van der Waals surface area contributed by atoms with Crippen molar-refractivity contribution in [1.82, 2.24) is 9.97 Å². The van der Waals surface area contributed by atoms with Crippen molar-refractivity contribution in [3.8, 4) is 0 Å². The molecule has 2 aliphatic carbocycles. The summed E-state index contributed by atoms with van der Waals surface area (Å²) in [6.45, 7) is 2.28. The Kier molecular flexibility index (Phi) is 4.05. The first-order valence-electron chi connectivity index (χ1n) is 7.92. The van der Waals surface area contributed by atoms with Crippen LogP contribution in [0.3, 0.4) is 0 Å². The molecule has 2 aliphatic rings. The smallest absolute Gasteiger partial charge is 0.145 e. The topological polar surface area (TPSA) is 75.9 Å². The molecule has 2 unspecified atom stereocenters. The van der Waals surface area contributed by atoms with Crippen LogP contribution >= 0.6 is 0 Å². The standard InChI is InChI=1S/C15H25N5/c1-2-10-5-3-4-6-12(10)17-13-9-14(20-16)19-15(18-13)11-7-8-11/h9-12H,2-8,16H2,1H3,(H2,17,18,19,20). The van der Waals surface area contributed by atoms with Crippen LogP contribution in [-0.2, 0) is 0 Å². The number of nitrogen functional groups attached to an aromatic ring is 1. The molecule has 5 nitrogen and oxygen atoms in total. The molecule has 0 aromatic carbocycles. The highest BCUT2D eigenvalue weighted by molar-refractivity contribution is 5.48. The summed E-state index contributed by atoms with van der Waals surface area (Å²) < 4.78 is 0. The van der Waals surface area contributed by atoms with Gasteiger partial charge in [0.15, 0.2) is 0 Å². The third-order valence-corrected chi connectivity index (χ3v) is 4.60. The summed E-state index contributed by atoms with van der Waals surface area (Å²) in [5, 5.41) is 3.63. The third-order valence-electron chi connectivity index (χ3n) is 4.60. The fourth-order valence-corrected chi connectivity index (χ4v) is 3.21. The molecule has 3 rings (SSSR count). The van der Waals surface area contributed by atoms with Crippen molar-refractivity contribution in [2.24, 2.45) is 11.8 Å². The molecular formula is C15H25N5. The molecule has 110 valence electrons. The summed E-state index contributed by atoms with van der Waals surface area (Å²) in [6, 6.07) is 2.47. The predicted molar refractivity (Wildman–Crippen MR) is 81.5 cm³/mol. The van der Waals surface area contributed by atoms with E-state index in [0.717, 1.165) is 17.6 Å². The van der Waals surface area contributed by atoms with Crippen LogP contribution in [0.4, 0.5) is 11.6 Å². The van der Waals surface area contributed by atoms with Crippen molar-refractivity contribution in [2.45, 2.75) is 63.8 Å². The molecule has 2 atom stereocenters. The lowest BCUT2D eigenvalue weighted by molar-refractivity contribution is 0.317. The van der Waals surface area contributed by atoms with Crippen LogP contribution in [0.5, 0.6) is 0 Å². The Bertz CT molecular complexity index is 458. The molecule has 0 spiro atoms. The lowest BCUT2D eigenvalue weighted by Gasteiger charge is -2.32. The van der Waals surface area contributed by atoms with E-state index < -0.39 is 0 Å². The van der Waals surface area contributed by atoms with E-state index >= 15 is 0 Å². The van der Waals surface area contributed by atoms with Gasteiger partial charge in [0.1, 0.15) is 17.5 Å². The van der Waals surface area contributed by atoms with E-state index in [1.165, 1.54) is 44.9 Å². The van der Waals surface area contributed by atoms with Gasteiger partial charge in [-0.2, -0.15) is 0 Å². The number of nitrogens with zero attached hydrogens (tertiary/aromatic N) is 2. The van der Waals surface area contributed by atoms with E-state index in [4.69, 9.17) is 5.84 Å². The van der Waals surface area contributed by atoms with E-state index in [2.05, 4.69) is 27.6 Å². The van der Waals surface area contributed by atoms with Crippen molar-refractivity contribution in [3.05, 3.63) is 11.9 Å². The van der Waals surface area contributed by atoms with Crippen LogP contribution in [0, 0.1) is 5.92 Å². The van der Waals surface area contributed by atoms with Gasteiger partial charge in [-0.3, -0.25) is 0 Å². The van der Waals surface area contributed by atoms with Crippen LogP contribution in [0.15, 0.2) is 6.07 Å². The van der Waals surface area contributed by atoms with E-state index in [1.807, 2.05) is 6.07 Å². The molecule has 5 heteroatoms. The molecule has 0 saturated heterocycles. The van der Waals surface area contributed by atoms with Gasteiger partial charge in [-0.05, 0) is 31.6 Å². The Morgan fingerprint density at radius 2 is 1.90 bits per heavy atom. The Labute approximate surface area is 120 Å². The second-order valence-corrected chi connectivity index (χ2v) is 6.12. The monoisotopic (exact) mass is 275 g/mol. The van der Waals surface area contributed by atoms with Crippen molar-refractivity contribution >= 4 is 11.6 Å². The maximum Gasteiger partial charge on any atom is 0.145 e. The molecule has 0 aliphatic heterocycles. The van der Waals surface area contributed by atoms with Gasteiger partial charge in [0.25, 0.3) is 0 Å². The Morgan fingerprint density at radius 3 is 2.60 bits per heavy atom. The molecule has 20 heavy (non-hydrogen) atoms. The van der Waals surface area contributed by atoms with Crippen molar-refractivity contribution in [3.63, 3.8) is 0 Å². The maximum atomic E-state index is 5.53. The Hall–Kier alpha value is -1.36. The molecule has 0 amide bonds. The Morgan fingerprint density at radius 1 is 1.15 bits per heavy atom. The fourth-order valence-electron chi connectivity index (χ4n) is 3.21. The average molecular weight is 275 g/mol. The Balaban J connectivity index is 1.76. The minimum absolute atomic E-state index is 0.539. The van der Waals surface area contributed by atoms with Crippen LogP contribution in [0.25, 0.3) is 0 Å². The first-order valence-corrected chi connectivity index (χ1v) is 7.92. The first-order chi connectivity index (χ1) is 9.80. The van der Waals surface area contributed by atoms with Gasteiger partial charge < -0.3 is 10.7 Å². The molecule has 1 aromatic rings. The number of rotatable bonds is 5. The van der Waals surface area contributed by atoms with Crippen molar-refractivity contribution in [1.29, 1.82) is 0 Å². The summed E-state index contributed by atoms with van der Waals surface area (Å²) in [7, 11) is 0. The summed E-state index contributed by atoms with van der Waals surface area (Å²) >= 11 is 0. The third kappa shape index (κ3) is 3.03. The van der Waals surface area contributed by atoms with Gasteiger partial charge in [0, 0.05) is 18.0 Å². The quantitative estimate of drug-likeness (QED) is 0.569. The number of hydrogen-bond acceptors (Lipinski definition) is 5. The van der Waals surface area contributed by atoms with Crippen molar-refractivity contribution in [2.75, 3.05) is 10.7 Å². The van der Waals surface area contributed by atoms with E-state index in [9.17, 15) is 0 Å². The van der Waals surface area contributed by atoms with E-state index in [0.29, 0.717) is 17.8 Å². The molecule has 2 saturated carbocycles. The number of anilines is 2. The lowest BCUT2D eigenvalue weighted by atomic mass is 9.83. The van der Waals surface area contributed by atoms with Crippen molar-refractivity contribution < 1.29 is 0 Å². The van der Waals surface area contributed by atoms with Crippen LogP contribution in [0.2, 0.25) is 0 Å². The highest BCUT2D eigenvalue weighted by Crippen LogP contribution is 2.39. The zero-order valence-corrected chi connectivity index (χ0v) is 12.2. The zero-order valence-electron chi connectivity index (χ0n) is 12.2. The second-order valence-electron chi connectivity index (χ2n) is 6.12. The molecule has 1 aromatic heterocycles. The largest absolute Gasteiger partial charge is 0.367 e. The fraction of sp³-hybridized carbons (Fsp3) is 0.733. The average Bonchev–Trinajstić information content (AvgIpc) is 3.32. The molecule has 0 radical (unpaired) electrons. The number of aromatic nitrogens is 2. The van der Waals surface area contributed by atoms with E-state index in [1.54, 1.807) is 0 Å². The summed E-state index contributed by atoms with van der Waals surface area (Å²) in [4.78, 5) is 9.15. The molecule has 1 heterocycles. The van der Waals surface area contributed by atoms with E-state index in [-0.39, 0.29) is 0 Å². The molecule has 2 fully saturated rings. The number of nitrogens with two attached hydrogens (primary N) is 1. The highest BCUT2D eigenvalue weighted by Gasteiger charge is 2.28. The maximum absolute atomic E-state index is 5.53. The van der Waals surface area contributed by atoms with Gasteiger partial charge in [0.2, 0.25) is 0 Å². The molecular weight excluding hydrogens is 250 g/mol. The second kappa shape index (κ2) is 5.95. The first kappa shape index (κ1) is 13.6. The zero-order chi connectivity index (χ0) is 13.9. The number of hydrogen-bond donors (Lipinski definition) is 3. The van der Waals surface area contributed by atoms with Gasteiger partial charge in [-0.1, -0.05) is 26.2 Å². The summed E-state index contributed by atoms with van der Waals surface area (Å²) in [5.41, 5.74) is 2.66. The normalized spacial score (nSPS) is 26.3. The molecule has 0 bridgehead atoms. The lowest BCUT2D eigenvalue weighted by Crippen LogP contribution is -2.32. The van der Waals surface area contributed by atoms with Crippen LogP contribution < -0.4 is 16.6 Å². The number of nitrogens with one attached hydrogen (secondary N) is 2. The minimum Gasteiger partial charge on any atom is -0.367 e. The number of hydrazine groups is 1. The summed E-state index contributed by atoms with van der Waals surface area (Å²) in [5.74, 6) is 9.41. The van der Waals surface area contributed by atoms with Crippen LogP contribution in [0.1, 0.15) is 63.6 Å². The van der Waals surface area contributed by atoms with Crippen LogP contribution in [-0.4, -0.2) is 16.0 Å².